The first-order valence-corrected chi connectivity index (χ1v) is 3.20. The molecule has 6 N–H and O–H groups in total. The van der Waals surface area contributed by atoms with E-state index in [2.05, 4.69) is 10.6 Å². The zero-order chi connectivity index (χ0) is 6.85. The average Bonchev–Trinajstić information content (AvgIpc) is 1.83. The van der Waals surface area contributed by atoms with Crippen molar-refractivity contribution in [3.05, 3.63) is 0 Å². The number of rotatable bonds is 0. The van der Waals surface area contributed by atoms with Crippen molar-refractivity contribution in [3.8, 4) is 0 Å². The lowest BCUT2D eigenvalue weighted by Crippen LogP contribution is -2.66. The molecule has 54 valence electrons. The number of hydrogen-bond donors (Lipinski definition) is 4. The van der Waals surface area contributed by atoms with Crippen molar-refractivity contribution in [1.29, 1.82) is 0 Å². The highest BCUT2D eigenvalue weighted by atomic mass is 15.2. The van der Waals surface area contributed by atoms with E-state index in [1.54, 1.807) is 0 Å². The highest BCUT2D eigenvalue weighted by molar-refractivity contribution is 4.86. The second-order valence-corrected chi connectivity index (χ2v) is 2.48. The molecule has 4 nitrogen and oxygen atoms in total. The Morgan fingerprint density at radius 1 is 1.33 bits per heavy atom. The molecule has 9 heavy (non-hydrogen) atoms. The maximum Gasteiger partial charge on any atom is 0.0727 e. The molecule has 0 saturated carbocycles. The van der Waals surface area contributed by atoms with Crippen LogP contribution in [0.5, 0.6) is 0 Å². The SMILES string of the molecule is CC1NCNC(N)C1N. The first kappa shape index (κ1) is 6.95. The van der Waals surface area contributed by atoms with Gasteiger partial charge in [-0.2, -0.15) is 0 Å². The third-order valence-corrected chi connectivity index (χ3v) is 1.75. The van der Waals surface area contributed by atoms with Gasteiger partial charge in [-0.15, -0.1) is 0 Å². The van der Waals surface area contributed by atoms with Crippen LogP contribution >= 0.6 is 0 Å². The summed E-state index contributed by atoms with van der Waals surface area (Å²) in [5.41, 5.74) is 11.3. The lowest BCUT2D eigenvalue weighted by molar-refractivity contribution is 0.289. The molecule has 3 unspecified atom stereocenters. The smallest absolute Gasteiger partial charge is 0.0727 e. The van der Waals surface area contributed by atoms with Crippen molar-refractivity contribution in [3.63, 3.8) is 0 Å². The number of nitrogens with two attached hydrogens (primary N) is 2. The first-order valence-electron chi connectivity index (χ1n) is 3.20. The Morgan fingerprint density at radius 2 is 2.00 bits per heavy atom. The fourth-order valence-electron chi connectivity index (χ4n) is 0.921. The molecule has 1 aliphatic heterocycles. The quantitative estimate of drug-likeness (QED) is 0.310. The Balaban J connectivity index is 2.41. The van der Waals surface area contributed by atoms with Crippen molar-refractivity contribution < 1.29 is 0 Å². The Labute approximate surface area is 55.0 Å². The van der Waals surface area contributed by atoms with Gasteiger partial charge in [0.25, 0.3) is 0 Å². The molecule has 4 heteroatoms. The van der Waals surface area contributed by atoms with Crippen molar-refractivity contribution >= 4 is 0 Å². The molecule has 1 aliphatic rings. The lowest BCUT2D eigenvalue weighted by Gasteiger charge is -2.33. The van der Waals surface area contributed by atoms with E-state index in [4.69, 9.17) is 11.5 Å². The lowest BCUT2D eigenvalue weighted by atomic mass is 10.1. The largest absolute Gasteiger partial charge is 0.324 e. The molecule has 0 aromatic rings. The van der Waals surface area contributed by atoms with Gasteiger partial charge in [0.15, 0.2) is 0 Å². The van der Waals surface area contributed by atoms with Gasteiger partial charge in [-0.05, 0) is 6.92 Å². The van der Waals surface area contributed by atoms with Gasteiger partial charge in [0.1, 0.15) is 0 Å². The maximum absolute atomic E-state index is 5.67. The zero-order valence-electron chi connectivity index (χ0n) is 5.59. The van der Waals surface area contributed by atoms with E-state index < -0.39 is 0 Å². The molecule has 0 spiro atoms. The van der Waals surface area contributed by atoms with Crippen LogP contribution in [0.2, 0.25) is 0 Å². The van der Waals surface area contributed by atoms with Gasteiger partial charge in [-0.25, -0.2) is 0 Å². The summed E-state index contributed by atoms with van der Waals surface area (Å²) >= 11 is 0. The standard InChI is InChI=1S/C5H14N4/c1-3-4(6)5(7)9-2-8-3/h3-5,8-9H,2,6-7H2,1H3. The van der Waals surface area contributed by atoms with Crippen molar-refractivity contribution in [2.45, 2.75) is 25.2 Å². The summed E-state index contributed by atoms with van der Waals surface area (Å²) in [6.45, 7) is 2.79. The Hall–Kier alpha value is -0.160. The van der Waals surface area contributed by atoms with Crippen LogP contribution in [0.15, 0.2) is 0 Å². The van der Waals surface area contributed by atoms with Crippen LogP contribution in [-0.4, -0.2) is 24.9 Å². The summed E-state index contributed by atoms with van der Waals surface area (Å²) < 4.78 is 0. The van der Waals surface area contributed by atoms with Crippen LogP contribution < -0.4 is 22.1 Å². The number of hydrogen-bond acceptors (Lipinski definition) is 4. The molecular weight excluding hydrogens is 116 g/mol. The Kier molecular flexibility index (Phi) is 2.02. The molecule has 1 rings (SSSR count). The molecule has 0 radical (unpaired) electrons. The second-order valence-electron chi connectivity index (χ2n) is 2.48. The predicted molar refractivity (Wildman–Crippen MR) is 36.6 cm³/mol. The summed E-state index contributed by atoms with van der Waals surface area (Å²) in [5.74, 6) is 0. The van der Waals surface area contributed by atoms with E-state index >= 15 is 0 Å². The van der Waals surface area contributed by atoms with Crippen LogP contribution in [0, 0.1) is 0 Å². The zero-order valence-corrected chi connectivity index (χ0v) is 5.59. The van der Waals surface area contributed by atoms with Gasteiger partial charge in [0.2, 0.25) is 0 Å². The van der Waals surface area contributed by atoms with Gasteiger partial charge in [0, 0.05) is 18.8 Å². The minimum Gasteiger partial charge on any atom is -0.324 e. The van der Waals surface area contributed by atoms with Crippen LogP contribution in [0.3, 0.4) is 0 Å². The van der Waals surface area contributed by atoms with E-state index in [0.717, 1.165) is 6.67 Å². The highest BCUT2D eigenvalue weighted by Gasteiger charge is 2.22. The van der Waals surface area contributed by atoms with Gasteiger partial charge in [-0.3, -0.25) is 5.32 Å². The summed E-state index contributed by atoms with van der Waals surface area (Å²) in [7, 11) is 0. The molecule has 0 bridgehead atoms. The molecule has 0 amide bonds. The van der Waals surface area contributed by atoms with Crippen LogP contribution in [-0.2, 0) is 0 Å². The van der Waals surface area contributed by atoms with E-state index in [1.807, 2.05) is 6.92 Å². The summed E-state index contributed by atoms with van der Waals surface area (Å²) in [6, 6.07) is 0.347. The molecule has 0 aromatic carbocycles. The van der Waals surface area contributed by atoms with Gasteiger partial charge < -0.3 is 16.8 Å². The molecule has 0 aromatic heterocycles. The maximum atomic E-state index is 5.67. The minimum atomic E-state index is -0.0544. The minimum absolute atomic E-state index is 0.0266. The van der Waals surface area contributed by atoms with Crippen molar-refractivity contribution in [2.75, 3.05) is 6.67 Å². The van der Waals surface area contributed by atoms with E-state index in [-0.39, 0.29) is 12.2 Å². The molecule has 1 saturated heterocycles. The third-order valence-electron chi connectivity index (χ3n) is 1.75. The fraction of sp³-hybridized carbons (Fsp3) is 1.00. The van der Waals surface area contributed by atoms with Gasteiger partial charge in [-0.1, -0.05) is 0 Å². The van der Waals surface area contributed by atoms with E-state index in [0.29, 0.717) is 6.04 Å². The monoisotopic (exact) mass is 130 g/mol. The fourth-order valence-corrected chi connectivity index (χ4v) is 0.921. The Bertz CT molecular complexity index is 85.0. The van der Waals surface area contributed by atoms with Crippen LogP contribution in [0.4, 0.5) is 0 Å². The highest BCUT2D eigenvalue weighted by Crippen LogP contribution is 1.94. The third kappa shape index (κ3) is 1.40. The molecule has 1 heterocycles. The topological polar surface area (TPSA) is 76.1 Å². The summed E-state index contributed by atoms with van der Waals surface area (Å²) in [6.07, 6.45) is -0.0544. The molecule has 1 fully saturated rings. The van der Waals surface area contributed by atoms with Crippen molar-refractivity contribution in [2.24, 2.45) is 11.5 Å². The summed E-state index contributed by atoms with van der Waals surface area (Å²) in [4.78, 5) is 0. The van der Waals surface area contributed by atoms with E-state index in [1.165, 1.54) is 0 Å². The second kappa shape index (κ2) is 2.62. The number of nitrogens with one attached hydrogen (secondary N) is 2. The average molecular weight is 130 g/mol. The normalized spacial score (nSPS) is 45.0. The predicted octanol–water partition coefficient (Wildman–Crippen LogP) is -1.86. The Morgan fingerprint density at radius 3 is 2.44 bits per heavy atom. The molecular formula is C5H14N4. The van der Waals surface area contributed by atoms with Crippen LogP contribution in [0.25, 0.3) is 0 Å². The van der Waals surface area contributed by atoms with Gasteiger partial charge in [0.05, 0.1) is 6.17 Å². The molecule has 3 atom stereocenters. The first-order chi connectivity index (χ1) is 4.22. The van der Waals surface area contributed by atoms with Gasteiger partial charge >= 0.3 is 0 Å². The van der Waals surface area contributed by atoms with Crippen LogP contribution in [0.1, 0.15) is 6.92 Å². The molecule has 0 aliphatic carbocycles. The van der Waals surface area contributed by atoms with Crippen molar-refractivity contribution in [1.82, 2.24) is 10.6 Å². The van der Waals surface area contributed by atoms with E-state index in [9.17, 15) is 0 Å². The summed E-state index contributed by atoms with van der Waals surface area (Å²) in [5, 5.41) is 6.15.